The van der Waals surface area contributed by atoms with E-state index in [2.05, 4.69) is 11.8 Å². The van der Waals surface area contributed by atoms with Crippen molar-refractivity contribution in [3.05, 3.63) is 29.8 Å². The van der Waals surface area contributed by atoms with Crippen molar-refractivity contribution in [1.29, 1.82) is 0 Å². The Kier molecular flexibility index (Phi) is 7.30. The summed E-state index contributed by atoms with van der Waals surface area (Å²) >= 11 is 0. The molecule has 0 aromatic heterocycles. The summed E-state index contributed by atoms with van der Waals surface area (Å²) in [5.41, 5.74) is 1.74. The number of hydrogen-bond donors (Lipinski definition) is 0. The van der Waals surface area contributed by atoms with E-state index in [9.17, 15) is 4.79 Å². The van der Waals surface area contributed by atoms with Gasteiger partial charge in [0.2, 0.25) is 0 Å². The summed E-state index contributed by atoms with van der Waals surface area (Å²) in [5, 5.41) is 0. The summed E-state index contributed by atoms with van der Waals surface area (Å²) in [5.74, 6) is 0.748. The SMILES string of the molecule is CCCCOC(=O)c1ccc(N2CC[C@H](N=C(N(C)C)N(C)C)C2)cc1. The molecule has 1 fully saturated rings. The summed E-state index contributed by atoms with van der Waals surface area (Å²) in [6.07, 6.45) is 2.96. The predicted octanol–water partition coefficient (Wildman–Crippen LogP) is 2.70. The van der Waals surface area contributed by atoms with Crippen LogP contribution >= 0.6 is 0 Å². The number of hydrogen-bond acceptors (Lipinski definition) is 4. The van der Waals surface area contributed by atoms with Crippen LogP contribution < -0.4 is 4.90 Å². The Morgan fingerprint density at radius 2 is 1.85 bits per heavy atom. The van der Waals surface area contributed by atoms with Gasteiger partial charge in [0.1, 0.15) is 0 Å². The number of anilines is 1. The number of carbonyl (C=O) groups is 1. The van der Waals surface area contributed by atoms with Crippen LogP contribution in [-0.4, -0.2) is 75.7 Å². The molecule has 6 nitrogen and oxygen atoms in total. The van der Waals surface area contributed by atoms with Gasteiger partial charge < -0.3 is 19.4 Å². The van der Waals surface area contributed by atoms with E-state index in [1.165, 1.54) is 0 Å². The van der Waals surface area contributed by atoms with Crippen molar-refractivity contribution in [1.82, 2.24) is 9.80 Å². The van der Waals surface area contributed by atoms with Crippen LogP contribution in [0.1, 0.15) is 36.5 Å². The standard InChI is InChI=1S/C20H32N4O2/c1-6-7-14-26-19(25)16-8-10-18(11-9-16)24-13-12-17(15-24)21-20(22(2)3)23(4)5/h8-11,17H,6-7,12-15H2,1-5H3/t17-/m0/s1. The van der Waals surface area contributed by atoms with Gasteiger partial charge in [0.25, 0.3) is 0 Å². The van der Waals surface area contributed by atoms with E-state index in [0.29, 0.717) is 12.2 Å². The molecule has 0 radical (unpaired) electrons. The van der Waals surface area contributed by atoms with Gasteiger partial charge in [0.15, 0.2) is 5.96 Å². The summed E-state index contributed by atoms with van der Waals surface area (Å²) < 4.78 is 5.26. The van der Waals surface area contributed by atoms with Gasteiger partial charge >= 0.3 is 5.97 Å². The third-order valence-corrected chi connectivity index (χ3v) is 4.46. The highest BCUT2D eigenvalue weighted by Crippen LogP contribution is 2.23. The van der Waals surface area contributed by atoms with Crippen LogP contribution in [0.3, 0.4) is 0 Å². The van der Waals surface area contributed by atoms with Gasteiger partial charge in [-0.25, -0.2) is 9.79 Å². The second kappa shape index (κ2) is 9.46. The number of nitrogens with zero attached hydrogens (tertiary/aromatic N) is 4. The number of rotatable bonds is 6. The lowest BCUT2D eigenvalue weighted by molar-refractivity contribution is 0.0500. The van der Waals surface area contributed by atoms with Crippen molar-refractivity contribution in [2.45, 2.75) is 32.2 Å². The van der Waals surface area contributed by atoms with E-state index >= 15 is 0 Å². The summed E-state index contributed by atoms with van der Waals surface area (Å²) in [7, 11) is 8.07. The molecule has 1 heterocycles. The zero-order chi connectivity index (χ0) is 19.1. The number of ether oxygens (including phenoxy) is 1. The molecule has 1 aliphatic heterocycles. The molecule has 26 heavy (non-hydrogen) atoms. The molecule has 0 spiro atoms. The topological polar surface area (TPSA) is 48.4 Å². The molecule has 1 aliphatic rings. The maximum atomic E-state index is 12.0. The minimum atomic E-state index is -0.240. The Balaban J connectivity index is 1.96. The molecule has 1 atom stereocenters. The molecular weight excluding hydrogens is 328 g/mol. The Labute approximate surface area is 157 Å². The molecule has 0 saturated carbocycles. The van der Waals surface area contributed by atoms with E-state index in [4.69, 9.17) is 9.73 Å². The molecule has 1 aromatic carbocycles. The van der Waals surface area contributed by atoms with Gasteiger partial charge in [0, 0.05) is 47.0 Å². The summed E-state index contributed by atoms with van der Waals surface area (Å²) in [6, 6.07) is 7.99. The van der Waals surface area contributed by atoms with Crippen molar-refractivity contribution in [3.63, 3.8) is 0 Å². The minimum Gasteiger partial charge on any atom is -0.462 e. The number of benzene rings is 1. The van der Waals surface area contributed by atoms with Crippen LogP contribution in [0, 0.1) is 0 Å². The lowest BCUT2D eigenvalue weighted by Gasteiger charge is -2.24. The average Bonchev–Trinajstić information content (AvgIpc) is 3.08. The lowest BCUT2D eigenvalue weighted by Crippen LogP contribution is -2.37. The molecule has 2 rings (SSSR count). The highest BCUT2D eigenvalue weighted by Gasteiger charge is 2.23. The van der Waals surface area contributed by atoms with Crippen molar-refractivity contribution in [2.75, 3.05) is 52.8 Å². The molecule has 0 N–H and O–H groups in total. The Bertz CT molecular complexity index is 601. The lowest BCUT2D eigenvalue weighted by atomic mass is 10.2. The second-order valence-electron chi connectivity index (χ2n) is 7.14. The molecule has 0 bridgehead atoms. The van der Waals surface area contributed by atoms with Crippen molar-refractivity contribution >= 4 is 17.6 Å². The third-order valence-electron chi connectivity index (χ3n) is 4.46. The number of esters is 1. The molecule has 0 aliphatic carbocycles. The highest BCUT2D eigenvalue weighted by molar-refractivity contribution is 5.89. The van der Waals surface area contributed by atoms with Crippen molar-refractivity contribution < 1.29 is 9.53 Å². The normalized spacial score (nSPS) is 16.3. The molecule has 144 valence electrons. The maximum absolute atomic E-state index is 12.0. The van der Waals surface area contributed by atoms with Crippen molar-refractivity contribution in [3.8, 4) is 0 Å². The molecule has 1 aromatic rings. The third kappa shape index (κ3) is 5.38. The molecule has 1 saturated heterocycles. The fourth-order valence-electron chi connectivity index (χ4n) is 3.08. The fraction of sp³-hybridized carbons (Fsp3) is 0.600. The van der Waals surface area contributed by atoms with E-state index in [0.717, 1.165) is 44.0 Å². The Hall–Kier alpha value is -2.24. The molecule has 6 heteroatoms. The first-order chi connectivity index (χ1) is 12.4. The van der Waals surface area contributed by atoms with Crippen LogP contribution in [0.2, 0.25) is 0 Å². The van der Waals surface area contributed by atoms with E-state index in [1.54, 1.807) is 0 Å². The van der Waals surface area contributed by atoms with Crippen LogP contribution in [0.4, 0.5) is 5.69 Å². The van der Waals surface area contributed by atoms with Crippen molar-refractivity contribution in [2.24, 2.45) is 4.99 Å². The zero-order valence-corrected chi connectivity index (χ0v) is 16.7. The Morgan fingerprint density at radius 1 is 1.19 bits per heavy atom. The highest BCUT2D eigenvalue weighted by atomic mass is 16.5. The molecule has 0 amide bonds. The summed E-state index contributed by atoms with van der Waals surface area (Å²) in [4.78, 5) is 23.3. The van der Waals surface area contributed by atoms with Gasteiger partial charge in [-0.3, -0.25) is 0 Å². The molecule has 0 unspecified atom stereocenters. The second-order valence-corrected chi connectivity index (χ2v) is 7.14. The van der Waals surface area contributed by atoms with Gasteiger partial charge in [-0.2, -0.15) is 0 Å². The fourth-order valence-corrected chi connectivity index (χ4v) is 3.08. The van der Waals surface area contributed by atoms with Gasteiger partial charge in [0.05, 0.1) is 18.2 Å². The average molecular weight is 361 g/mol. The van der Waals surface area contributed by atoms with Crippen LogP contribution in [0.5, 0.6) is 0 Å². The Morgan fingerprint density at radius 3 is 2.42 bits per heavy atom. The predicted molar refractivity (Wildman–Crippen MR) is 107 cm³/mol. The maximum Gasteiger partial charge on any atom is 0.338 e. The van der Waals surface area contributed by atoms with Crippen LogP contribution in [0.15, 0.2) is 29.3 Å². The van der Waals surface area contributed by atoms with Crippen LogP contribution in [0.25, 0.3) is 0 Å². The van der Waals surface area contributed by atoms with Gasteiger partial charge in [-0.05, 0) is 37.1 Å². The van der Waals surface area contributed by atoms with E-state index in [1.807, 2.05) is 62.3 Å². The number of guanidine groups is 1. The first kappa shape index (κ1) is 20.1. The quantitative estimate of drug-likeness (QED) is 0.338. The number of aliphatic imine (C=N–C) groups is 1. The first-order valence-corrected chi connectivity index (χ1v) is 9.37. The number of carbonyl (C=O) groups excluding carboxylic acids is 1. The zero-order valence-electron chi connectivity index (χ0n) is 16.7. The van der Waals surface area contributed by atoms with Crippen LogP contribution in [-0.2, 0) is 4.74 Å². The minimum absolute atomic E-state index is 0.240. The van der Waals surface area contributed by atoms with Gasteiger partial charge in [-0.1, -0.05) is 13.3 Å². The summed E-state index contributed by atoms with van der Waals surface area (Å²) in [6.45, 7) is 4.44. The number of unbranched alkanes of at least 4 members (excludes halogenated alkanes) is 1. The smallest absolute Gasteiger partial charge is 0.338 e. The monoisotopic (exact) mass is 360 g/mol. The first-order valence-electron chi connectivity index (χ1n) is 9.37. The van der Waals surface area contributed by atoms with Gasteiger partial charge in [-0.15, -0.1) is 0 Å². The van der Waals surface area contributed by atoms with E-state index in [-0.39, 0.29) is 12.0 Å². The largest absolute Gasteiger partial charge is 0.462 e. The van der Waals surface area contributed by atoms with E-state index < -0.39 is 0 Å². The molecular formula is C20H32N4O2.